The van der Waals surface area contributed by atoms with E-state index in [0.29, 0.717) is 5.75 Å². The molecule has 0 fully saturated rings. The Balaban J connectivity index is 2.11. The summed E-state index contributed by atoms with van der Waals surface area (Å²) in [7, 11) is 0. The van der Waals surface area contributed by atoms with Gasteiger partial charge < -0.3 is 9.57 Å². The van der Waals surface area contributed by atoms with E-state index in [4.69, 9.17) is 4.74 Å². The molecule has 104 valence electrons. The van der Waals surface area contributed by atoms with Crippen molar-refractivity contribution in [3.05, 3.63) is 39.9 Å². The average Bonchev–Trinajstić information content (AvgIpc) is 2.37. The minimum Gasteiger partial charge on any atom is -0.460 e. The SMILES string of the molecule is O=C(CSCCO[N+](=O)[O-])OCc1ccc(S)cc1. The molecule has 0 saturated heterocycles. The van der Waals surface area contributed by atoms with E-state index in [1.807, 2.05) is 24.3 Å². The van der Waals surface area contributed by atoms with Crippen molar-refractivity contribution < 1.29 is 19.5 Å². The summed E-state index contributed by atoms with van der Waals surface area (Å²) in [4.78, 5) is 26.2. The predicted octanol–water partition coefficient (Wildman–Crippen LogP) is 1.96. The van der Waals surface area contributed by atoms with Crippen molar-refractivity contribution in [1.82, 2.24) is 0 Å². The van der Waals surface area contributed by atoms with E-state index in [0.717, 1.165) is 10.5 Å². The number of hydrogen-bond acceptors (Lipinski definition) is 7. The quantitative estimate of drug-likeness (QED) is 0.260. The lowest BCUT2D eigenvalue weighted by atomic mass is 10.2. The number of thioether (sulfide) groups is 1. The topological polar surface area (TPSA) is 78.7 Å². The van der Waals surface area contributed by atoms with Crippen LogP contribution in [0.3, 0.4) is 0 Å². The number of benzene rings is 1. The van der Waals surface area contributed by atoms with Crippen molar-refractivity contribution in [2.24, 2.45) is 0 Å². The first kappa shape index (κ1) is 15.6. The molecule has 8 heteroatoms. The molecule has 0 atom stereocenters. The average molecular weight is 303 g/mol. The molecule has 0 bridgehead atoms. The fraction of sp³-hybridized carbons (Fsp3) is 0.364. The fourth-order valence-corrected chi connectivity index (χ4v) is 1.86. The molecule has 0 amide bonds. The van der Waals surface area contributed by atoms with E-state index in [1.165, 1.54) is 11.8 Å². The Morgan fingerprint density at radius 1 is 1.37 bits per heavy atom. The summed E-state index contributed by atoms with van der Waals surface area (Å²) in [6.07, 6.45) is 0. The molecule has 0 radical (unpaired) electrons. The molecular formula is C11H13NO5S2. The number of esters is 1. The summed E-state index contributed by atoms with van der Waals surface area (Å²) in [5.74, 6) is 0.150. The van der Waals surface area contributed by atoms with Crippen LogP contribution in [0.4, 0.5) is 0 Å². The van der Waals surface area contributed by atoms with Gasteiger partial charge in [0, 0.05) is 10.6 Å². The lowest BCUT2D eigenvalue weighted by molar-refractivity contribution is -0.756. The number of carbonyl (C=O) groups is 1. The van der Waals surface area contributed by atoms with Gasteiger partial charge >= 0.3 is 5.97 Å². The van der Waals surface area contributed by atoms with Gasteiger partial charge in [-0.15, -0.1) is 34.5 Å². The zero-order valence-corrected chi connectivity index (χ0v) is 11.7. The number of thiol groups is 1. The zero-order chi connectivity index (χ0) is 14.1. The Bertz CT molecular complexity index is 424. The highest BCUT2D eigenvalue weighted by Crippen LogP contribution is 2.09. The number of ether oxygens (including phenoxy) is 1. The van der Waals surface area contributed by atoms with Crippen LogP contribution in [0, 0.1) is 10.1 Å². The third-order valence-corrected chi connectivity index (χ3v) is 3.17. The van der Waals surface area contributed by atoms with Crippen LogP contribution in [0.25, 0.3) is 0 Å². The maximum Gasteiger partial charge on any atom is 0.316 e. The van der Waals surface area contributed by atoms with Crippen LogP contribution in [0.1, 0.15) is 5.56 Å². The molecule has 0 aliphatic rings. The molecule has 1 rings (SSSR count). The van der Waals surface area contributed by atoms with Crippen LogP contribution in [0.5, 0.6) is 0 Å². The Morgan fingerprint density at radius 2 is 2.05 bits per heavy atom. The molecule has 0 aliphatic heterocycles. The van der Waals surface area contributed by atoms with E-state index < -0.39 is 5.09 Å². The van der Waals surface area contributed by atoms with Gasteiger partial charge in [-0.1, -0.05) is 12.1 Å². The van der Waals surface area contributed by atoms with Crippen molar-refractivity contribution in [2.75, 3.05) is 18.1 Å². The van der Waals surface area contributed by atoms with Crippen molar-refractivity contribution in [1.29, 1.82) is 0 Å². The first-order valence-electron chi connectivity index (χ1n) is 5.36. The third-order valence-electron chi connectivity index (χ3n) is 1.98. The maximum absolute atomic E-state index is 11.3. The smallest absolute Gasteiger partial charge is 0.316 e. The van der Waals surface area contributed by atoms with Crippen molar-refractivity contribution >= 4 is 30.4 Å². The molecule has 0 unspecified atom stereocenters. The molecule has 19 heavy (non-hydrogen) atoms. The van der Waals surface area contributed by atoms with Crippen molar-refractivity contribution in [3.63, 3.8) is 0 Å². The van der Waals surface area contributed by atoms with Gasteiger partial charge in [-0.05, 0) is 17.7 Å². The first-order chi connectivity index (χ1) is 9.08. The monoisotopic (exact) mass is 303 g/mol. The van der Waals surface area contributed by atoms with E-state index in [9.17, 15) is 14.9 Å². The van der Waals surface area contributed by atoms with Gasteiger partial charge in [0.15, 0.2) is 0 Å². The van der Waals surface area contributed by atoms with Gasteiger partial charge in [0.25, 0.3) is 5.09 Å². The Labute approximate surface area is 120 Å². The molecule has 0 spiro atoms. The molecule has 6 nitrogen and oxygen atoms in total. The van der Waals surface area contributed by atoms with Crippen LogP contribution in [-0.4, -0.2) is 29.2 Å². The van der Waals surface area contributed by atoms with Gasteiger partial charge in [0.05, 0.1) is 5.75 Å². The number of hydrogen-bond donors (Lipinski definition) is 1. The summed E-state index contributed by atoms with van der Waals surface area (Å²) < 4.78 is 5.04. The van der Waals surface area contributed by atoms with Crippen molar-refractivity contribution in [3.8, 4) is 0 Å². The lowest BCUT2D eigenvalue weighted by Crippen LogP contribution is -2.10. The molecular weight excluding hydrogens is 290 g/mol. The summed E-state index contributed by atoms with van der Waals surface area (Å²) in [6.45, 7) is 0.174. The van der Waals surface area contributed by atoms with E-state index in [2.05, 4.69) is 17.5 Å². The highest BCUT2D eigenvalue weighted by Gasteiger charge is 2.04. The van der Waals surface area contributed by atoms with Crippen molar-refractivity contribution in [2.45, 2.75) is 11.5 Å². The maximum atomic E-state index is 11.3. The molecule has 1 aromatic rings. The molecule has 0 N–H and O–H groups in total. The molecule has 0 heterocycles. The van der Waals surface area contributed by atoms with Gasteiger partial charge in [0.1, 0.15) is 13.2 Å². The molecule has 1 aromatic carbocycles. The summed E-state index contributed by atoms with van der Waals surface area (Å²) in [6, 6.07) is 7.29. The fourth-order valence-electron chi connectivity index (χ4n) is 1.12. The van der Waals surface area contributed by atoms with E-state index in [-0.39, 0.29) is 24.9 Å². The van der Waals surface area contributed by atoms with Crippen LogP contribution in [0.15, 0.2) is 29.2 Å². The highest BCUT2D eigenvalue weighted by atomic mass is 32.2. The van der Waals surface area contributed by atoms with Crippen LogP contribution < -0.4 is 0 Å². The normalized spacial score (nSPS) is 9.95. The number of rotatable bonds is 8. The van der Waals surface area contributed by atoms with E-state index in [1.54, 1.807) is 0 Å². The highest BCUT2D eigenvalue weighted by molar-refractivity contribution is 7.99. The minimum absolute atomic E-state index is 0.0334. The summed E-state index contributed by atoms with van der Waals surface area (Å²) in [5, 5.41) is 9.00. The number of nitrogens with zero attached hydrogens (tertiary/aromatic N) is 1. The van der Waals surface area contributed by atoms with E-state index >= 15 is 0 Å². The van der Waals surface area contributed by atoms with Gasteiger partial charge in [-0.2, -0.15) is 0 Å². The van der Waals surface area contributed by atoms with Gasteiger partial charge in [-0.25, -0.2) is 0 Å². The second-order valence-electron chi connectivity index (χ2n) is 3.44. The second-order valence-corrected chi connectivity index (χ2v) is 5.06. The van der Waals surface area contributed by atoms with Crippen LogP contribution in [-0.2, 0) is 21.0 Å². The Hall–Kier alpha value is -1.41. The Morgan fingerprint density at radius 3 is 2.68 bits per heavy atom. The first-order valence-corrected chi connectivity index (χ1v) is 6.96. The van der Waals surface area contributed by atoms with Gasteiger partial charge in [-0.3, -0.25) is 4.79 Å². The largest absolute Gasteiger partial charge is 0.460 e. The third kappa shape index (κ3) is 7.58. The van der Waals surface area contributed by atoms with Gasteiger partial charge in [0.2, 0.25) is 0 Å². The number of carbonyl (C=O) groups excluding carboxylic acids is 1. The Kier molecular flexibility index (Phi) is 7.12. The summed E-state index contributed by atoms with van der Waals surface area (Å²) >= 11 is 5.37. The van der Waals surface area contributed by atoms with Crippen LogP contribution in [0.2, 0.25) is 0 Å². The lowest BCUT2D eigenvalue weighted by Gasteiger charge is -2.05. The molecule has 0 aromatic heterocycles. The predicted molar refractivity (Wildman–Crippen MR) is 73.8 cm³/mol. The standard InChI is InChI=1S/C11H13NO5S2/c13-11(8-19-6-5-17-12(14)15)16-7-9-1-3-10(18)4-2-9/h1-4,18H,5-8H2. The second kappa shape index (κ2) is 8.65. The summed E-state index contributed by atoms with van der Waals surface area (Å²) in [5.41, 5.74) is 0.882. The molecule has 0 aliphatic carbocycles. The molecule has 0 saturated carbocycles. The van der Waals surface area contributed by atoms with Crippen LogP contribution >= 0.6 is 24.4 Å². The minimum atomic E-state index is -0.857. The zero-order valence-electron chi connectivity index (χ0n) is 9.98.